The standard InChI is InChI=1S/C16H29N3O2.ClH/c1-12(14-5-2-6-18-10-14)8-16(21)19-7-3-4-13(11-19)9-15(17)20;/h12-14,18H,2-11H2,1H3,(H2,17,20);1H. The highest BCUT2D eigenvalue weighted by atomic mass is 35.5. The summed E-state index contributed by atoms with van der Waals surface area (Å²) in [4.78, 5) is 25.5. The summed E-state index contributed by atoms with van der Waals surface area (Å²) in [6.45, 7) is 5.89. The molecule has 0 bridgehead atoms. The van der Waals surface area contributed by atoms with Crippen LogP contribution in [-0.4, -0.2) is 42.9 Å². The van der Waals surface area contributed by atoms with E-state index in [1.54, 1.807) is 0 Å². The van der Waals surface area contributed by atoms with E-state index in [0.29, 0.717) is 31.2 Å². The Morgan fingerprint density at radius 1 is 1.32 bits per heavy atom. The third-order valence-electron chi connectivity index (χ3n) is 5.00. The number of carbonyl (C=O) groups is 2. The molecule has 2 rings (SSSR count). The van der Waals surface area contributed by atoms with Crippen LogP contribution >= 0.6 is 12.4 Å². The molecular formula is C16H30ClN3O2. The number of primary amides is 1. The molecule has 3 atom stereocenters. The Morgan fingerprint density at radius 2 is 2.09 bits per heavy atom. The van der Waals surface area contributed by atoms with Crippen LogP contribution < -0.4 is 11.1 Å². The lowest BCUT2D eigenvalue weighted by Gasteiger charge is -2.34. The van der Waals surface area contributed by atoms with Crippen molar-refractivity contribution in [3.05, 3.63) is 0 Å². The molecule has 2 saturated heterocycles. The maximum Gasteiger partial charge on any atom is 0.222 e. The molecule has 0 aromatic heterocycles. The summed E-state index contributed by atoms with van der Waals surface area (Å²) in [5, 5.41) is 3.42. The molecule has 22 heavy (non-hydrogen) atoms. The Bertz CT molecular complexity index is 372. The fourth-order valence-corrected chi connectivity index (χ4v) is 3.68. The Labute approximate surface area is 139 Å². The van der Waals surface area contributed by atoms with E-state index in [0.717, 1.165) is 32.5 Å². The Balaban J connectivity index is 0.00000242. The predicted octanol–water partition coefficient (Wildman–Crippen LogP) is 1.55. The second kappa shape index (κ2) is 9.36. The normalized spacial score (nSPS) is 26.9. The molecule has 0 radical (unpaired) electrons. The molecular weight excluding hydrogens is 302 g/mol. The van der Waals surface area contributed by atoms with E-state index < -0.39 is 0 Å². The molecule has 2 aliphatic heterocycles. The van der Waals surface area contributed by atoms with Gasteiger partial charge in [0.1, 0.15) is 0 Å². The first-order chi connectivity index (χ1) is 10.1. The predicted molar refractivity (Wildman–Crippen MR) is 89.7 cm³/mol. The van der Waals surface area contributed by atoms with Gasteiger partial charge in [0, 0.05) is 25.9 Å². The fraction of sp³-hybridized carbons (Fsp3) is 0.875. The summed E-state index contributed by atoms with van der Waals surface area (Å²) >= 11 is 0. The second-order valence-electron chi connectivity index (χ2n) is 6.81. The molecule has 0 aliphatic carbocycles. The number of nitrogens with two attached hydrogens (primary N) is 1. The van der Waals surface area contributed by atoms with E-state index in [4.69, 9.17) is 5.73 Å². The van der Waals surface area contributed by atoms with Crippen LogP contribution in [0.25, 0.3) is 0 Å². The zero-order valence-corrected chi connectivity index (χ0v) is 14.4. The van der Waals surface area contributed by atoms with E-state index in [1.165, 1.54) is 12.8 Å². The number of likely N-dealkylation sites (tertiary alicyclic amines) is 1. The van der Waals surface area contributed by atoms with Crippen LogP contribution in [0, 0.1) is 17.8 Å². The second-order valence-corrected chi connectivity index (χ2v) is 6.81. The number of nitrogens with zero attached hydrogens (tertiary/aromatic N) is 1. The van der Waals surface area contributed by atoms with E-state index in [1.807, 2.05) is 4.90 Å². The number of hydrogen-bond donors (Lipinski definition) is 2. The third kappa shape index (κ3) is 5.76. The number of halogens is 1. The molecule has 2 fully saturated rings. The van der Waals surface area contributed by atoms with Crippen molar-refractivity contribution in [2.45, 2.75) is 45.4 Å². The molecule has 0 spiro atoms. The molecule has 128 valence electrons. The minimum atomic E-state index is -0.254. The quantitative estimate of drug-likeness (QED) is 0.802. The molecule has 5 nitrogen and oxygen atoms in total. The fourth-order valence-electron chi connectivity index (χ4n) is 3.68. The van der Waals surface area contributed by atoms with Crippen LogP contribution in [-0.2, 0) is 9.59 Å². The van der Waals surface area contributed by atoms with Crippen molar-refractivity contribution in [1.82, 2.24) is 10.2 Å². The zero-order chi connectivity index (χ0) is 15.2. The lowest BCUT2D eigenvalue weighted by molar-refractivity contribution is -0.135. The first-order valence-corrected chi connectivity index (χ1v) is 8.33. The van der Waals surface area contributed by atoms with E-state index >= 15 is 0 Å². The summed E-state index contributed by atoms with van der Waals surface area (Å²) < 4.78 is 0. The molecule has 2 aliphatic rings. The average molecular weight is 332 g/mol. The van der Waals surface area contributed by atoms with Crippen LogP contribution in [0.5, 0.6) is 0 Å². The zero-order valence-electron chi connectivity index (χ0n) is 13.6. The van der Waals surface area contributed by atoms with Crippen molar-refractivity contribution >= 4 is 24.2 Å². The van der Waals surface area contributed by atoms with Gasteiger partial charge in [0.2, 0.25) is 11.8 Å². The Hall–Kier alpha value is -0.810. The lowest BCUT2D eigenvalue weighted by atomic mass is 9.85. The van der Waals surface area contributed by atoms with E-state index in [9.17, 15) is 9.59 Å². The van der Waals surface area contributed by atoms with Crippen molar-refractivity contribution in [1.29, 1.82) is 0 Å². The highest BCUT2D eigenvalue weighted by Gasteiger charge is 2.28. The number of rotatable bonds is 5. The van der Waals surface area contributed by atoms with Crippen molar-refractivity contribution in [2.24, 2.45) is 23.5 Å². The van der Waals surface area contributed by atoms with Crippen molar-refractivity contribution in [3.63, 3.8) is 0 Å². The van der Waals surface area contributed by atoms with Gasteiger partial charge in [-0.25, -0.2) is 0 Å². The van der Waals surface area contributed by atoms with E-state index in [2.05, 4.69) is 12.2 Å². The monoisotopic (exact) mass is 331 g/mol. The molecule has 0 aromatic carbocycles. The van der Waals surface area contributed by atoms with Crippen molar-refractivity contribution in [2.75, 3.05) is 26.2 Å². The summed E-state index contributed by atoms with van der Waals surface area (Å²) in [7, 11) is 0. The first-order valence-electron chi connectivity index (χ1n) is 8.33. The maximum atomic E-state index is 12.5. The Kier molecular flexibility index (Phi) is 8.18. The number of piperidine rings is 2. The topological polar surface area (TPSA) is 75.4 Å². The first kappa shape index (κ1) is 19.2. The molecule has 0 saturated carbocycles. The SMILES string of the molecule is CC(CC(=O)N1CCCC(CC(N)=O)C1)C1CCCNC1.Cl. The number of amides is 2. The molecule has 6 heteroatoms. The van der Waals surface area contributed by atoms with Gasteiger partial charge in [-0.2, -0.15) is 0 Å². The highest BCUT2D eigenvalue weighted by molar-refractivity contribution is 5.85. The van der Waals surface area contributed by atoms with E-state index in [-0.39, 0.29) is 30.1 Å². The smallest absolute Gasteiger partial charge is 0.222 e. The number of hydrogen-bond acceptors (Lipinski definition) is 3. The minimum absolute atomic E-state index is 0. The minimum Gasteiger partial charge on any atom is -0.370 e. The van der Waals surface area contributed by atoms with Gasteiger partial charge >= 0.3 is 0 Å². The van der Waals surface area contributed by atoms with Crippen LogP contribution in [0.15, 0.2) is 0 Å². The van der Waals surface area contributed by atoms with Crippen molar-refractivity contribution in [3.8, 4) is 0 Å². The number of carbonyl (C=O) groups excluding carboxylic acids is 2. The van der Waals surface area contributed by atoms with Crippen LogP contribution in [0.3, 0.4) is 0 Å². The van der Waals surface area contributed by atoms with Gasteiger partial charge in [0.15, 0.2) is 0 Å². The van der Waals surface area contributed by atoms with Gasteiger partial charge in [-0.1, -0.05) is 6.92 Å². The maximum absolute atomic E-state index is 12.5. The van der Waals surface area contributed by atoms with Crippen LogP contribution in [0.2, 0.25) is 0 Å². The van der Waals surface area contributed by atoms with Gasteiger partial charge in [0.25, 0.3) is 0 Å². The van der Waals surface area contributed by atoms with Gasteiger partial charge in [0.05, 0.1) is 0 Å². The van der Waals surface area contributed by atoms with Gasteiger partial charge in [-0.3, -0.25) is 9.59 Å². The summed E-state index contributed by atoms with van der Waals surface area (Å²) in [5.41, 5.74) is 5.27. The van der Waals surface area contributed by atoms with Crippen molar-refractivity contribution < 1.29 is 9.59 Å². The van der Waals surface area contributed by atoms with Gasteiger partial charge in [-0.15, -0.1) is 12.4 Å². The Morgan fingerprint density at radius 3 is 2.73 bits per heavy atom. The highest BCUT2D eigenvalue weighted by Crippen LogP contribution is 2.25. The lowest BCUT2D eigenvalue weighted by Crippen LogP contribution is -2.42. The largest absolute Gasteiger partial charge is 0.370 e. The average Bonchev–Trinajstić information content (AvgIpc) is 2.47. The summed E-state index contributed by atoms with van der Waals surface area (Å²) in [6, 6.07) is 0. The number of nitrogens with one attached hydrogen (secondary N) is 1. The molecule has 2 amide bonds. The van der Waals surface area contributed by atoms with Gasteiger partial charge in [-0.05, 0) is 56.5 Å². The molecule has 3 N–H and O–H groups in total. The molecule has 2 heterocycles. The summed E-state index contributed by atoms with van der Waals surface area (Å²) in [6.07, 6.45) is 5.48. The third-order valence-corrected chi connectivity index (χ3v) is 5.00. The molecule has 0 aromatic rings. The summed E-state index contributed by atoms with van der Waals surface area (Å²) in [5.74, 6) is 1.31. The molecule has 3 unspecified atom stereocenters. The van der Waals surface area contributed by atoms with Gasteiger partial charge < -0.3 is 16.0 Å². The van der Waals surface area contributed by atoms with Crippen LogP contribution in [0.4, 0.5) is 0 Å². The van der Waals surface area contributed by atoms with Crippen LogP contribution in [0.1, 0.15) is 45.4 Å².